The van der Waals surface area contributed by atoms with Gasteiger partial charge in [0.25, 0.3) is 10.0 Å². The van der Waals surface area contributed by atoms with Crippen molar-refractivity contribution in [2.45, 2.75) is 18.1 Å². The van der Waals surface area contributed by atoms with E-state index in [9.17, 15) is 13.2 Å². The molecule has 0 aliphatic rings. The molecule has 0 spiro atoms. The molecule has 2 N–H and O–H groups in total. The van der Waals surface area contributed by atoms with E-state index >= 15 is 0 Å². The van der Waals surface area contributed by atoms with Crippen molar-refractivity contribution in [1.29, 1.82) is 0 Å². The molecule has 0 fully saturated rings. The van der Waals surface area contributed by atoms with Gasteiger partial charge in [-0.3, -0.25) is 9.52 Å². The first kappa shape index (κ1) is 21.4. The molecule has 3 aromatic heterocycles. The monoisotopic (exact) mass is 471 g/mol. The lowest BCUT2D eigenvalue weighted by Crippen LogP contribution is -2.11. The number of anilines is 2. The Bertz CT molecular complexity index is 1350. The zero-order chi connectivity index (χ0) is 22.7. The van der Waals surface area contributed by atoms with E-state index in [4.69, 9.17) is 4.74 Å². The Kier molecular flexibility index (Phi) is 5.83. The third kappa shape index (κ3) is 5.07. The molecule has 0 atom stereocenters. The number of ether oxygens (including phenoxy) is 1. The van der Waals surface area contributed by atoms with Gasteiger partial charge >= 0.3 is 0 Å². The van der Waals surface area contributed by atoms with Gasteiger partial charge in [-0.05, 0) is 37.3 Å². The molecule has 1 aromatic carbocycles. The first-order valence-electron chi connectivity index (χ1n) is 9.18. The number of nitrogens with zero attached hydrogens (tertiary/aromatic N) is 5. The number of nitrogens with one attached hydrogen (secondary N) is 2. The molecule has 4 aromatic rings. The van der Waals surface area contributed by atoms with E-state index in [0.29, 0.717) is 29.0 Å². The molecule has 32 heavy (non-hydrogen) atoms. The number of thiazole rings is 1. The molecule has 0 aliphatic carbocycles. The summed E-state index contributed by atoms with van der Waals surface area (Å²) in [6.45, 7) is 3.06. The van der Waals surface area contributed by atoms with E-state index in [1.807, 2.05) is 0 Å². The number of amides is 1. The summed E-state index contributed by atoms with van der Waals surface area (Å²) in [5, 5.41) is 6.80. The lowest BCUT2D eigenvalue weighted by atomic mass is 10.3. The highest BCUT2D eigenvalue weighted by Gasteiger charge is 2.18. The summed E-state index contributed by atoms with van der Waals surface area (Å²) in [6.07, 6.45) is 4.59. The predicted octanol–water partition coefficient (Wildman–Crippen LogP) is 2.98. The smallest absolute Gasteiger partial charge is 0.273 e. The van der Waals surface area contributed by atoms with Crippen molar-refractivity contribution < 1.29 is 17.9 Å². The fourth-order valence-corrected chi connectivity index (χ4v) is 4.74. The van der Waals surface area contributed by atoms with Gasteiger partial charge in [-0.2, -0.15) is 10.1 Å². The number of aromatic nitrogens is 5. The maximum atomic E-state index is 12.6. The van der Waals surface area contributed by atoms with Crippen LogP contribution in [0, 0.1) is 6.92 Å². The maximum absolute atomic E-state index is 12.6. The van der Waals surface area contributed by atoms with Crippen LogP contribution in [0.1, 0.15) is 12.7 Å². The highest BCUT2D eigenvalue weighted by molar-refractivity contribution is 7.94. The van der Waals surface area contributed by atoms with Crippen LogP contribution in [0.15, 0.2) is 59.2 Å². The van der Waals surface area contributed by atoms with E-state index in [0.717, 1.165) is 11.3 Å². The number of carbonyl (C=O) groups is 1. The Hall–Kier alpha value is -3.84. The van der Waals surface area contributed by atoms with Gasteiger partial charge in [0.15, 0.2) is 15.2 Å². The minimum atomic E-state index is -3.85. The zero-order valence-electron chi connectivity index (χ0n) is 16.9. The van der Waals surface area contributed by atoms with Gasteiger partial charge in [0.1, 0.15) is 11.6 Å². The molecule has 164 valence electrons. The fraction of sp³-hybridized carbons (Fsp3) is 0.105. The SMILES string of the molecule is CC(=O)Nc1ncc(S(=O)(=O)Nc2ccc(Oc3cc(-n4cccn4)nc(C)n3)cc2)s1. The molecule has 13 heteroatoms. The van der Waals surface area contributed by atoms with E-state index in [1.54, 1.807) is 60.4 Å². The normalized spacial score (nSPS) is 11.2. The van der Waals surface area contributed by atoms with Crippen molar-refractivity contribution >= 4 is 38.1 Å². The van der Waals surface area contributed by atoms with Crippen LogP contribution in [-0.2, 0) is 14.8 Å². The van der Waals surface area contributed by atoms with Crippen molar-refractivity contribution in [3.05, 3.63) is 60.8 Å². The molecule has 1 amide bonds. The molecule has 0 unspecified atom stereocenters. The molecular weight excluding hydrogens is 454 g/mol. The minimum absolute atomic E-state index is 0.0239. The van der Waals surface area contributed by atoms with E-state index < -0.39 is 10.0 Å². The second kappa shape index (κ2) is 8.72. The number of benzene rings is 1. The summed E-state index contributed by atoms with van der Waals surface area (Å²) in [4.78, 5) is 23.6. The van der Waals surface area contributed by atoms with Crippen LogP contribution in [-0.4, -0.2) is 39.1 Å². The maximum Gasteiger partial charge on any atom is 0.273 e. The van der Waals surface area contributed by atoms with Crippen LogP contribution in [0.3, 0.4) is 0 Å². The van der Waals surface area contributed by atoms with Crippen molar-refractivity contribution in [3.8, 4) is 17.4 Å². The van der Waals surface area contributed by atoms with Crippen LogP contribution < -0.4 is 14.8 Å². The van der Waals surface area contributed by atoms with Gasteiger partial charge in [-0.1, -0.05) is 11.3 Å². The highest BCUT2D eigenvalue weighted by atomic mass is 32.2. The summed E-state index contributed by atoms with van der Waals surface area (Å²) in [5.41, 5.74) is 0.336. The number of rotatable bonds is 7. The summed E-state index contributed by atoms with van der Waals surface area (Å²) >= 11 is 0.854. The number of hydrogen-bond donors (Lipinski definition) is 2. The standard InChI is InChI=1S/C19H17N7O4S2/c1-12-22-16(26-9-3-8-21-26)10-17(23-12)30-15-6-4-14(5-7-15)25-32(28,29)18-11-20-19(31-18)24-13(2)27/h3-11,25H,1-2H3,(H,20,24,27). The third-order valence-corrected chi connectivity index (χ3v) is 6.66. The second-order valence-corrected chi connectivity index (χ2v) is 9.40. The summed E-state index contributed by atoms with van der Waals surface area (Å²) in [5.74, 6) is 1.53. The quantitative estimate of drug-likeness (QED) is 0.419. The lowest BCUT2D eigenvalue weighted by molar-refractivity contribution is -0.114. The topological polar surface area (TPSA) is 141 Å². The zero-order valence-corrected chi connectivity index (χ0v) is 18.5. The molecule has 4 rings (SSSR count). The Morgan fingerprint density at radius 3 is 2.66 bits per heavy atom. The minimum Gasteiger partial charge on any atom is -0.439 e. The molecular formula is C19H17N7O4S2. The second-order valence-electron chi connectivity index (χ2n) is 6.46. The molecule has 11 nitrogen and oxygen atoms in total. The van der Waals surface area contributed by atoms with E-state index in [1.165, 1.54) is 13.1 Å². The van der Waals surface area contributed by atoms with Crippen LogP contribution in [0.4, 0.5) is 10.8 Å². The van der Waals surface area contributed by atoms with Crippen molar-refractivity contribution in [3.63, 3.8) is 0 Å². The van der Waals surface area contributed by atoms with Crippen molar-refractivity contribution in [2.24, 2.45) is 0 Å². The first-order chi connectivity index (χ1) is 15.3. The lowest BCUT2D eigenvalue weighted by Gasteiger charge is -2.09. The fourth-order valence-electron chi connectivity index (χ4n) is 2.61. The highest BCUT2D eigenvalue weighted by Crippen LogP contribution is 2.27. The number of hydrogen-bond acceptors (Lipinski definition) is 9. The summed E-state index contributed by atoms with van der Waals surface area (Å²) in [7, 11) is -3.85. The van der Waals surface area contributed by atoms with Gasteiger partial charge in [0, 0.05) is 31.1 Å². The number of carbonyl (C=O) groups excluding carboxylic acids is 1. The van der Waals surface area contributed by atoms with Gasteiger partial charge in [0.2, 0.25) is 11.8 Å². The van der Waals surface area contributed by atoms with Crippen LogP contribution in [0.2, 0.25) is 0 Å². The average Bonchev–Trinajstić information content (AvgIpc) is 3.41. The van der Waals surface area contributed by atoms with Crippen LogP contribution in [0.5, 0.6) is 11.6 Å². The van der Waals surface area contributed by atoms with Gasteiger partial charge in [0.05, 0.1) is 6.20 Å². The van der Waals surface area contributed by atoms with Crippen LogP contribution >= 0.6 is 11.3 Å². The largest absolute Gasteiger partial charge is 0.439 e. The Morgan fingerprint density at radius 2 is 1.97 bits per heavy atom. The van der Waals surface area contributed by atoms with E-state index in [-0.39, 0.29) is 15.2 Å². The molecule has 0 bridgehead atoms. The molecule has 0 saturated carbocycles. The average molecular weight is 472 g/mol. The molecule has 3 heterocycles. The van der Waals surface area contributed by atoms with Gasteiger partial charge in [-0.25, -0.2) is 23.1 Å². The predicted molar refractivity (Wildman–Crippen MR) is 118 cm³/mol. The first-order valence-corrected chi connectivity index (χ1v) is 11.5. The third-order valence-electron chi connectivity index (χ3n) is 3.90. The summed E-state index contributed by atoms with van der Waals surface area (Å²) < 4.78 is 34.9. The van der Waals surface area contributed by atoms with Gasteiger partial charge < -0.3 is 10.1 Å². The number of aryl methyl sites for hydroxylation is 1. The summed E-state index contributed by atoms with van der Waals surface area (Å²) in [6, 6.07) is 9.77. The number of sulfonamides is 1. The molecule has 0 radical (unpaired) electrons. The van der Waals surface area contributed by atoms with Crippen molar-refractivity contribution in [1.82, 2.24) is 24.7 Å². The Morgan fingerprint density at radius 1 is 1.19 bits per heavy atom. The van der Waals surface area contributed by atoms with Crippen molar-refractivity contribution in [2.75, 3.05) is 10.0 Å². The van der Waals surface area contributed by atoms with E-state index in [2.05, 4.69) is 30.1 Å². The Labute approximate surface area is 187 Å². The van der Waals surface area contributed by atoms with Crippen LogP contribution in [0.25, 0.3) is 5.82 Å². The molecule has 0 aliphatic heterocycles. The Balaban J connectivity index is 1.47. The van der Waals surface area contributed by atoms with Gasteiger partial charge in [-0.15, -0.1) is 0 Å². The molecule has 0 saturated heterocycles.